The molecule has 0 saturated heterocycles. The number of para-hydroxylation sites is 2. The second kappa shape index (κ2) is 8.45. The summed E-state index contributed by atoms with van der Waals surface area (Å²) in [5.41, 5.74) is 10.9. The number of hydrogen-bond acceptors (Lipinski definition) is 4. The number of fused-ring (bicyclic) bond motifs is 6. The van der Waals surface area contributed by atoms with Crippen LogP contribution in [0.3, 0.4) is 0 Å². The molecule has 4 aromatic carbocycles. The van der Waals surface area contributed by atoms with Crippen molar-refractivity contribution in [3.8, 4) is 45.2 Å². The second-order valence-corrected chi connectivity index (χ2v) is 10.9. The van der Waals surface area contributed by atoms with Gasteiger partial charge in [0.2, 0.25) is 0 Å². The van der Waals surface area contributed by atoms with Crippen LogP contribution < -0.4 is 0 Å². The number of rotatable bonds is 3. The zero-order valence-corrected chi connectivity index (χ0v) is 22.2. The fourth-order valence-electron chi connectivity index (χ4n) is 6.23. The molecule has 190 valence electrons. The molecule has 3 heterocycles. The Bertz CT molecular complexity index is 2090. The minimum Gasteiger partial charge on any atom is -0.455 e. The normalized spacial score (nSPS) is 13.4. The molecule has 0 N–H and O–H groups in total. The van der Waals surface area contributed by atoms with Gasteiger partial charge in [0, 0.05) is 44.6 Å². The molecule has 8 rings (SSSR count). The van der Waals surface area contributed by atoms with Crippen molar-refractivity contribution < 1.29 is 4.42 Å². The summed E-state index contributed by atoms with van der Waals surface area (Å²) in [5, 5.41) is 2.24. The zero-order valence-electron chi connectivity index (χ0n) is 22.2. The van der Waals surface area contributed by atoms with E-state index in [1.165, 1.54) is 5.56 Å². The van der Waals surface area contributed by atoms with Crippen molar-refractivity contribution in [3.63, 3.8) is 0 Å². The Balaban J connectivity index is 1.35. The Labute approximate surface area is 232 Å². The van der Waals surface area contributed by atoms with Crippen molar-refractivity contribution in [2.24, 2.45) is 0 Å². The van der Waals surface area contributed by atoms with Gasteiger partial charge in [-0.1, -0.05) is 98.8 Å². The van der Waals surface area contributed by atoms with Gasteiger partial charge in [0.15, 0.2) is 5.82 Å². The second-order valence-electron chi connectivity index (χ2n) is 10.9. The van der Waals surface area contributed by atoms with E-state index in [9.17, 15) is 0 Å². The maximum Gasteiger partial charge on any atom is 0.160 e. The van der Waals surface area contributed by atoms with E-state index in [2.05, 4.69) is 86.6 Å². The average Bonchev–Trinajstić information content (AvgIpc) is 3.50. The maximum atomic E-state index is 6.34. The fourth-order valence-corrected chi connectivity index (χ4v) is 6.23. The van der Waals surface area contributed by atoms with Crippen LogP contribution >= 0.6 is 0 Å². The summed E-state index contributed by atoms with van der Waals surface area (Å²) in [5.74, 6) is 0.686. The number of furan rings is 1. The highest BCUT2D eigenvalue weighted by atomic mass is 16.3. The summed E-state index contributed by atoms with van der Waals surface area (Å²) >= 11 is 0. The van der Waals surface area contributed by atoms with Gasteiger partial charge in [-0.25, -0.2) is 9.97 Å². The molecule has 0 bridgehead atoms. The monoisotopic (exact) mass is 515 g/mol. The van der Waals surface area contributed by atoms with Gasteiger partial charge < -0.3 is 4.42 Å². The van der Waals surface area contributed by atoms with E-state index < -0.39 is 0 Å². The summed E-state index contributed by atoms with van der Waals surface area (Å²) in [6.07, 6.45) is 1.83. The van der Waals surface area contributed by atoms with E-state index in [-0.39, 0.29) is 5.41 Å². The standard InChI is InChI=1S/C36H25N3O/c1-36(2)28-17-5-3-14-27(28)32-31(36)33(29-18-7-8-20-37-29)39-35(38-32)23-12-9-11-22(21-23)24-15-10-16-26-25-13-4-6-19-30(25)40-34(24)26/h3-21H,1-2H3. The maximum absolute atomic E-state index is 6.34. The van der Waals surface area contributed by atoms with E-state index in [0.29, 0.717) is 5.82 Å². The molecule has 0 amide bonds. The van der Waals surface area contributed by atoms with Gasteiger partial charge in [-0.3, -0.25) is 4.98 Å². The Morgan fingerprint density at radius 3 is 2.25 bits per heavy atom. The molecule has 40 heavy (non-hydrogen) atoms. The van der Waals surface area contributed by atoms with E-state index >= 15 is 0 Å². The first-order valence-corrected chi connectivity index (χ1v) is 13.5. The first-order chi connectivity index (χ1) is 19.6. The largest absolute Gasteiger partial charge is 0.455 e. The predicted octanol–water partition coefficient (Wildman–Crippen LogP) is 9.08. The highest BCUT2D eigenvalue weighted by molar-refractivity contribution is 6.09. The molecular formula is C36H25N3O. The van der Waals surface area contributed by atoms with Crippen LogP contribution in [-0.2, 0) is 5.41 Å². The van der Waals surface area contributed by atoms with Crippen LogP contribution in [0.4, 0.5) is 0 Å². The Kier molecular flexibility index (Phi) is 4.83. The van der Waals surface area contributed by atoms with Gasteiger partial charge in [0.25, 0.3) is 0 Å². The highest BCUT2D eigenvalue weighted by Gasteiger charge is 2.40. The van der Waals surface area contributed by atoms with Gasteiger partial charge >= 0.3 is 0 Å². The molecule has 4 heteroatoms. The van der Waals surface area contributed by atoms with Gasteiger partial charge in [0.1, 0.15) is 11.2 Å². The SMILES string of the molecule is CC1(C)c2ccccc2-c2nc(-c3cccc(-c4cccc5c4oc4ccccc45)c3)nc(-c3ccccn3)c21. The number of pyridine rings is 1. The van der Waals surface area contributed by atoms with Crippen molar-refractivity contribution in [3.05, 3.63) is 127 Å². The third-order valence-electron chi connectivity index (χ3n) is 8.13. The lowest BCUT2D eigenvalue weighted by atomic mass is 9.81. The lowest BCUT2D eigenvalue weighted by Crippen LogP contribution is -2.17. The topological polar surface area (TPSA) is 51.8 Å². The molecule has 0 radical (unpaired) electrons. The number of nitrogens with zero attached hydrogens (tertiary/aromatic N) is 3. The smallest absolute Gasteiger partial charge is 0.160 e. The Morgan fingerprint density at radius 1 is 0.625 bits per heavy atom. The minimum absolute atomic E-state index is 0.240. The summed E-state index contributed by atoms with van der Waals surface area (Å²) in [6, 6.07) is 37.5. The molecule has 7 aromatic rings. The lowest BCUT2D eigenvalue weighted by Gasteiger charge is -2.23. The van der Waals surface area contributed by atoms with Crippen molar-refractivity contribution >= 4 is 21.9 Å². The Morgan fingerprint density at radius 2 is 1.35 bits per heavy atom. The van der Waals surface area contributed by atoms with E-state index in [4.69, 9.17) is 19.4 Å². The van der Waals surface area contributed by atoms with Crippen molar-refractivity contribution in [2.75, 3.05) is 0 Å². The molecule has 0 saturated carbocycles. The van der Waals surface area contributed by atoms with Gasteiger partial charge in [-0.05, 0) is 35.4 Å². The van der Waals surface area contributed by atoms with Crippen molar-refractivity contribution in [1.29, 1.82) is 0 Å². The fraction of sp³-hybridized carbons (Fsp3) is 0.0833. The summed E-state index contributed by atoms with van der Waals surface area (Å²) in [7, 11) is 0. The molecule has 0 atom stereocenters. The van der Waals surface area contributed by atoms with E-state index in [1.807, 2.05) is 42.6 Å². The number of hydrogen-bond donors (Lipinski definition) is 0. The molecule has 3 aromatic heterocycles. The van der Waals surface area contributed by atoms with Crippen molar-refractivity contribution in [1.82, 2.24) is 15.0 Å². The van der Waals surface area contributed by atoms with Crippen LogP contribution in [0.1, 0.15) is 25.0 Å². The van der Waals surface area contributed by atoms with Gasteiger partial charge in [-0.15, -0.1) is 0 Å². The molecular weight excluding hydrogens is 490 g/mol. The minimum atomic E-state index is -0.240. The van der Waals surface area contributed by atoms with Crippen molar-refractivity contribution in [2.45, 2.75) is 19.3 Å². The molecule has 1 aliphatic rings. The van der Waals surface area contributed by atoms with Gasteiger partial charge in [-0.2, -0.15) is 0 Å². The van der Waals surface area contributed by atoms with Crippen LogP contribution in [0.5, 0.6) is 0 Å². The molecule has 0 unspecified atom stereocenters. The molecule has 0 aliphatic heterocycles. The third kappa shape index (κ3) is 3.29. The summed E-state index contributed by atoms with van der Waals surface area (Å²) in [6.45, 7) is 4.50. The van der Waals surface area contributed by atoms with Crippen LogP contribution in [0.25, 0.3) is 67.1 Å². The van der Waals surface area contributed by atoms with Crippen LogP contribution in [0.2, 0.25) is 0 Å². The van der Waals surface area contributed by atoms with E-state index in [0.717, 1.165) is 66.8 Å². The lowest BCUT2D eigenvalue weighted by molar-refractivity contribution is 0.657. The highest BCUT2D eigenvalue weighted by Crippen LogP contribution is 2.51. The first-order valence-electron chi connectivity index (χ1n) is 13.5. The van der Waals surface area contributed by atoms with Gasteiger partial charge in [0.05, 0.1) is 17.1 Å². The summed E-state index contributed by atoms with van der Waals surface area (Å²) in [4.78, 5) is 15.1. The van der Waals surface area contributed by atoms with Crippen LogP contribution in [0, 0.1) is 0 Å². The van der Waals surface area contributed by atoms with E-state index in [1.54, 1.807) is 0 Å². The third-order valence-corrected chi connectivity index (χ3v) is 8.13. The van der Waals surface area contributed by atoms with Crippen LogP contribution in [0.15, 0.2) is 120 Å². The molecule has 4 nitrogen and oxygen atoms in total. The molecule has 0 spiro atoms. The molecule has 1 aliphatic carbocycles. The average molecular weight is 516 g/mol. The quantitative estimate of drug-likeness (QED) is 0.235. The van der Waals surface area contributed by atoms with Crippen LogP contribution in [-0.4, -0.2) is 15.0 Å². The summed E-state index contributed by atoms with van der Waals surface area (Å²) < 4.78 is 6.34. The molecule has 0 fully saturated rings. The predicted molar refractivity (Wildman–Crippen MR) is 161 cm³/mol. The number of benzene rings is 4. The zero-order chi connectivity index (χ0) is 26.8. The number of aromatic nitrogens is 3. The first kappa shape index (κ1) is 22.9. The Hall–Kier alpha value is -5.09.